The van der Waals surface area contributed by atoms with Crippen molar-refractivity contribution in [3.8, 4) is 0 Å². The minimum atomic E-state index is 0.454. The Balaban J connectivity index is 0.000000686. The van der Waals surface area contributed by atoms with E-state index in [0.29, 0.717) is 10.9 Å². The first-order valence-corrected chi connectivity index (χ1v) is 6.38. The molecular weight excluding hydrogens is 232 g/mol. The van der Waals surface area contributed by atoms with Gasteiger partial charge in [-0.1, -0.05) is 39.3 Å². The summed E-state index contributed by atoms with van der Waals surface area (Å²) in [5.41, 5.74) is 3.75. The normalized spacial score (nSPS) is 10.3. The van der Waals surface area contributed by atoms with Crippen molar-refractivity contribution >= 4 is 22.6 Å². The van der Waals surface area contributed by atoms with Gasteiger partial charge in [0.15, 0.2) is 0 Å². The smallest absolute Gasteiger partial charge is 0.108 e. The van der Waals surface area contributed by atoms with Crippen LogP contribution in [-0.2, 0) is 0 Å². The van der Waals surface area contributed by atoms with Gasteiger partial charge in [0, 0.05) is 6.20 Å². The summed E-state index contributed by atoms with van der Waals surface area (Å²) in [6, 6.07) is 4.03. The summed E-state index contributed by atoms with van der Waals surface area (Å²) >= 11 is 6.18. The summed E-state index contributed by atoms with van der Waals surface area (Å²) in [6.07, 6.45) is 1.77. The topological polar surface area (TPSA) is 25.8 Å². The average Bonchev–Trinajstić information content (AvgIpc) is 2.32. The molecule has 0 fully saturated rings. The summed E-state index contributed by atoms with van der Waals surface area (Å²) in [7, 11) is 0. The van der Waals surface area contributed by atoms with Gasteiger partial charge in [-0.05, 0) is 30.5 Å². The molecule has 92 valence electrons. The summed E-state index contributed by atoms with van der Waals surface area (Å²) in [5.74, 6) is 0.454. The van der Waals surface area contributed by atoms with E-state index in [1.165, 1.54) is 5.56 Å². The van der Waals surface area contributed by atoms with Crippen LogP contribution in [0.5, 0.6) is 0 Å². The number of aryl methyl sites for hydroxylation is 1. The quantitative estimate of drug-likeness (QED) is 0.731. The fourth-order valence-corrected chi connectivity index (χ4v) is 1.78. The summed E-state index contributed by atoms with van der Waals surface area (Å²) in [6.45, 7) is 10.2. The van der Waals surface area contributed by atoms with Gasteiger partial charge in [-0.3, -0.25) is 4.98 Å². The molecule has 0 amide bonds. The first-order valence-electron chi connectivity index (χ1n) is 6.00. The van der Waals surface area contributed by atoms with E-state index in [1.54, 1.807) is 6.20 Å². The number of rotatable bonds is 1. The Morgan fingerprint density at radius 1 is 1.18 bits per heavy atom. The molecule has 2 aromatic rings. The number of aromatic nitrogens is 2. The van der Waals surface area contributed by atoms with Gasteiger partial charge in [-0.2, -0.15) is 0 Å². The molecule has 0 unspecified atom stereocenters. The molecule has 0 saturated carbocycles. The molecular formula is C14H19ClN2. The summed E-state index contributed by atoms with van der Waals surface area (Å²) in [4.78, 5) is 8.72. The van der Waals surface area contributed by atoms with Crippen LogP contribution < -0.4 is 0 Å². The molecule has 17 heavy (non-hydrogen) atoms. The van der Waals surface area contributed by atoms with E-state index in [-0.39, 0.29) is 0 Å². The van der Waals surface area contributed by atoms with Gasteiger partial charge in [0.1, 0.15) is 5.52 Å². The number of nitrogens with zero attached hydrogens (tertiary/aromatic N) is 2. The third-order valence-electron chi connectivity index (χ3n) is 2.41. The minimum absolute atomic E-state index is 0.454. The molecule has 2 nitrogen and oxygen atoms in total. The third-order valence-corrected chi connectivity index (χ3v) is 2.70. The summed E-state index contributed by atoms with van der Waals surface area (Å²) < 4.78 is 0. The van der Waals surface area contributed by atoms with Crippen LogP contribution in [0.4, 0.5) is 0 Å². The molecule has 0 bridgehead atoms. The van der Waals surface area contributed by atoms with E-state index in [2.05, 4.69) is 29.9 Å². The molecule has 0 N–H and O–H groups in total. The Bertz CT molecular complexity index is 507. The largest absolute Gasteiger partial charge is 0.253 e. The van der Waals surface area contributed by atoms with Crippen molar-refractivity contribution in [2.24, 2.45) is 0 Å². The molecule has 1 aromatic heterocycles. The second-order valence-electron chi connectivity index (χ2n) is 4.04. The van der Waals surface area contributed by atoms with Gasteiger partial charge in [-0.25, -0.2) is 4.98 Å². The molecule has 0 radical (unpaired) electrons. The van der Waals surface area contributed by atoms with Crippen molar-refractivity contribution < 1.29 is 0 Å². The maximum absolute atomic E-state index is 6.18. The molecule has 0 saturated heterocycles. The Morgan fingerprint density at radius 2 is 1.82 bits per heavy atom. The van der Waals surface area contributed by atoms with Crippen LogP contribution in [0.15, 0.2) is 18.3 Å². The lowest BCUT2D eigenvalue weighted by atomic mass is 10.0. The van der Waals surface area contributed by atoms with Gasteiger partial charge in [0.25, 0.3) is 0 Å². The van der Waals surface area contributed by atoms with E-state index in [1.807, 2.05) is 26.8 Å². The van der Waals surface area contributed by atoms with Crippen LogP contribution in [0.3, 0.4) is 0 Å². The minimum Gasteiger partial charge on any atom is -0.253 e. The van der Waals surface area contributed by atoms with Crippen molar-refractivity contribution in [3.63, 3.8) is 0 Å². The van der Waals surface area contributed by atoms with Crippen molar-refractivity contribution in [1.82, 2.24) is 9.97 Å². The van der Waals surface area contributed by atoms with Crippen molar-refractivity contribution in [1.29, 1.82) is 0 Å². The van der Waals surface area contributed by atoms with Crippen LogP contribution in [-0.4, -0.2) is 9.97 Å². The van der Waals surface area contributed by atoms with Gasteiger partial charge < -0.3 is 0 Å². The Labute approximate surface area is 108 Å². The van der Waals surface area contributed by atoms with Crippen molar-refractivity contribution in [2.75, 3.05) is 0 Å². The second kappa shape index (κ2) is 5.97. The first kappa shape index (κ1) is 13.9. The van der Waals surface area contributed by atoms with Gasteiger partial charge in [0.2, 0.25) is 0 Å². The highest BCUT2D eigenvalue weighted by Crippen LogP contribution is 2.26. The highest BCUT2D eigenvalue weighted by atomic mass is 35.5. The number of hydrogen-bond donors (Lipinski definition) is 0. The van der Waals surface area contributed by atoms with E-state index in [4.69, 9.17) is 11.6 Å². The van der Waals surface area contributed by atoms with E-state index in [0.717, 1.165) is 16.7 Å². The average molecular weight is 251 g/mol. The number of fused-ring (bicyclic) bond motifs is 1. The SMILES string of the molecule is CC.Cc1cnc2cc(C(C)C)cc(Cl)c2n1. The van der Waals surface area contributed by atoms with Crippen LogP contribution in [0, 0.1) is 6.92 Å². The molecule has 0 aliphatic rings. The van der Waals surface area contributed by atoms with Crippen LogP contribution >= 0.6 is 11.6 Å². The Hall–Kier alpha value is -1.15. The zero-order valence-corrected chi connectivity index (χ0v) is 11.8. The molecule has 1 heterocycles. The second-order valence-corrected chi connectivity index (χ2v) is 4.44. The Morgan fingerprint density at radius 3 is 2.41 bits per heavy atom. The van der Waals surface area contributed by atoms with Crippen LogP contribution in [0.25, 0.3) is 11.0 Å². The number of hydrogen-bond acceptors (Lipinski definition) is 2. The van der Waals surface area contributed by atoms with Crippen molar-refractivity contribution in [2.45, 2.75) is 40.5 Å². The number of benzene rings is 1. The lowest BCUT2D eigenvalue weighted by molar-refractivity contribution is 0.868. The fraction of sp³-hybridized carbons (Fsp3) is 0.429. The first-order chi connectivity index (χ1) is 8.08. The highest BCUT2D eigenvalue weighted by molar-refractivity contribution is 6.35. The lowest BCUT2D eigenvalue weighted by Crippen LogP contribution is -1.92. The van der Waals surface area contributed by atoms with E-state index < -0.39 is 0 Å². The van der Waals surface area contributed by atoms with Crippen molar-refractivity contribution in [3.05, 3.63) is 34.6 Å². The maximum Gasteiger partial charge on any atom is 0.108 e. The molecule has 0 aliphatic heterocycles. The maximum atomic E-state index is 6.18. The molecule has 2 rings (SSSR count). The van der Waals surface area contributed by atoms with E-state index >= 15 is 0 Å². The van der Waals surface area contributed by atoms with Crippen LogP contribution in [0.2, 0.25) is 5.02 Å². The van der Waals surface area contributed by atoms with Gasteiger partial charge in [-0.15, -0.1) is 0 Å². The fourth-order valence-electron chi connectivity index (χ4n) is 1.52. The predicted molar refractivity (Wildman–Crippen MR) is 74.7 cm³/mol. The monoisotopic (exact) mass is 250 g/mol. The van der Waals surface area contributed by atoms with Crippen LogP contribution in [0.1, 0.15) is 44.9 Å². The van der Waals surface area contributed by atoms with Gasteiger partial charge in [0.05, 0.1) is 16.2 Å². The Kier molecular flexibility index (Phi) is 4.88. The lowest BCUT2D eigenvalue weighted by Gasteiger charge is -2.08. The highest BCUT2D eigenvalue weighted by Gasteiger charge is 2.07. The molecule has 0 aliphatic carbocycles. The van der Waals surface area contributed by atoms with Gasteiger partial charge >= 0.3 is 0 Å². The number of halogens is 1. The zero-order chi connectivity index (χ0) is 13.0. The standard InChI is InChI=1S/C12H13ClN2.C2H6/c1-7(2)9-4-10(13)12-11(5-9)14-6-8(3)15-12;1-2/h4-7H,1-3H3;1-2H3. The molecule has 0 atom stereocenters. The third kappa shape index (κ3) is 3.16. The zero-order valence-electron chi connectivity index (χ0n) is 11.1. The molecule has 1 aromatic carbocycles. The molecule has 0 spiro atoms. The molecule has 3 heteroatoms. The van der Waals surface area contributed by atoms with E-state index in [9.17, 15) is 0 Å². The summed E-state index contributed by atoms with van der Waals surface area (Å²) in [5, 5.41) is 0.687. The predicted octanol–water partition coefficient (Wildman–Crippen LogP) is 4.74.